The van der Waals surface area contributed by atoms with Gasteiger partial charge in [0.25, 0.3) is 11.1 Å². The van der Waals surface area contributed by atoms with Gasteiger partial charge in [0.1, 0.15) is 0 Å². The van der Waals surface area contributed by atoms with Crippen molar-refractivity contribution >= 4 is 40.9 Å². The maximum atomic E-state index is 11.3. The van der Waals surface area contributed by atoms with Crippen LogP contribution in [-0.4, -0.2) is 21.3 Å². The van der Waals surface area contributed by atoms with Gasteiger partial charge in [-0.15, -0.1) is 10.2 Å². The summed E-state index contributed by atoms with van der Waals surface area (Å²) in [5.41, 5.74) is 3.61. The number of hydrogen-bond acceptors (Lipinski definition) is 6. The minimum absolute atomic E-state index is 0.357. The molecule has 0 saturated heterocycles. The highest BCUT2D eigenvalue weighted by Gasteiger charge is 2.11. The Morgan fingerprint density at radius 1 is 1.12 bits per heavy atom. The van der Waals surface area contributed by atoms with Gasteiger partial charge in [0.15, 0.2) is 0 Å². The SMILES string of the molecule is O=C(NO)c1ccc(CSc2nnc(-c3ccc(Cl)c(Cl)c3)o2)cc1. The van der Waals surface area contributed by atoms with Crippen LogP contribution >= 0.6 is 35.0 Å². The number of halogens is 2. The Kier molecular flexibility index (Phi) is 5.60. The molecule has 0 atom stereocenters. The normalized spacial score (nSPS) is 10.7. The van der Waals surface area contributed by atoms with E-state index in [1.54, 1.807) is 47.9 Å². The van der Waals surface area contributed by atoms with Crippen LogP contribution in [0.2, 0.25) is 10.0 Å². The second-order valence-electron chi connectivity index (χ2n) is 4.93. The maximum Gasteiger partial charge on any atom is 0.277 e. The van der Waals surface area contributed by atoms with Gasteiger partial charge in [-0.1, -0.05) is 47.1 Å². The Hall–Kier alpha value is -2.06. The number of amides is 1. The van der Waals surface area contributed by atoms with E-state index in [9.17, 15) is 4.79 Å². The quantitative estimate of drug-likeness (QED) is 0.376. The van der Waals surface area contributed by atoms with E-state index < -0.39 is 5.91 Å². The molecule has 1 heterocycles. The smallest absolute Gasteiger partial charge is 0.277 e. The standard InChI is InChI=1S/C16H11Cl2N3O3S/c17-12-6-5-11(7-13(12)18)15-19-20-16(24-15)25-8-9-1-3-10(4-2-9)14(22)21-23/h1-7,23H,8H2,(H,21,22). The molecule has 2 aromatic carbocycles. The van der Waals surface area contributed by atoms with Gasteiger partial charge in [0.05, 0.1) is 10.0 Å². The van der Waals surface area contributed by atoms with E-state index in [2.05, 4.69) is 10.2 Å². The zero-order chi connectivity index (χ0) is 17.8. The summed E-state index contributed by atoms with van der Waals surface area (Å²) in [6.07, 6.45) is 0. The molecule has 9 heteroatoms. The summed E-state index contributed by atoms with van der Waals surface area (Å²) in [5.74, 6) is 0.391. The lowest BCUT2D eigenvalue weighted by atomic mass is 10.1. The van der Waals surface area contributed by atoms with Gasteiger partial charge in [-0.25, -0.2) is 5.48 Å². The van der Waals surface area contributed by atoms with Gasteiger partial charge in [0, 0.05) is 16.9 Å². The fraction of sp³-hybridized carbons (Fsp3) is 0.0625. The summed E-state index contributed by atoms with van der Waals surface area (Å²) in [6.45, 7) is 0. The largest absolute Gasteiger partial charge is 0.411 e. The summed E-state index contributed by atoms with van der Waals surface area (Å²) >= 11 is 13.2. The molecule has 0 aliphatic heterocycles. The van der Waals surface area contributed by atoms with Crippen LogP contribution in [0.25, 0.3) is 11.5 Å². The van der Waals surface area contributed by atoms with Crippen LogP contribution in [-0.2, 0) is 5.75 Å². The van der Waals surface area contributed by atoms with Crippen molar-refractivity contribution in [3.05, 3.63) is 63.6 Å². The fourth-order valence-corrected chi connectivity index (χ4v) is 2.99. The minimum atomic E-state index is -0.553. The monoisotopic (exact) mass is 395 g/mol. The van der Waals surface area contributed by atoms with Crippen molar-refractivity contribution in [1.29, 1.82) is 0 Å². The van der Waals surface area contributed by atoms with Crippen molar-refractivity contribution in [2.45, 2.75) is 11.0 Å². The van der Waals surface area contributed by atoms with Gasteiger partial charge in [-0.05, 0) is 35.9 Å². The first-order valence-electron chi connectivity index (χ1n) is 7.02. The summed E-state index contributed by atoms with van der Waals surface area (Å²) < 4.78 is 5.61. The molecule has 0 saturated carbocycles. The number of hydrogen-bond donors (Lipinski definition) is 2. The third kappa shape index (κ3) is 4.32. The predicted octanol–water partition coefficient (Wildman–Crippen LogP) is 4.45. The van der Waals surface area contributed by atoms with E-state index >= 15 is 0 Å². The number of nitrogens with one attached hydrogen (secondary N) is 1. The van der Waals surface area contributed by atoms with Crippen LogP contribution in [0, 0.1) is 0 Å². The molecule has 0 fully saturated rings. The third-order valence-electron chi connectivity index (χ3n) is 3.25. The number of carbonyl (C=O) groups is 1. The van der Waals surface area contributed by atoms with Crippen LogP contribution in [0.3, 0.4) is 0 Å². The molecule has 6 nitrogen and oxygen atoms in total. The maximum absolute atomic E-state index is 11.3. The van der Waals surface area contributed by atoms with Crippen molar-refractivity contribution < 1.29 is 14.4 Å². The Bertz CT molecular complexity index is 900. The molecular weight excluding hydrogens is 385 g/mol. The molecule has 128 valence electrons. The van der Waals surface area contributed by atoms with Gasteiger partial charge in [-0.3, -0.25) is 10.0 Å². The Labute approximate surface area is 157 Å². The number of carbonyl (C=O) groups excluding carboxylic acids is 1. The molecule has 2 N–H and O–H groups in total. The zero-order valence-corrected chi connectivity index (χ0v) is 14.9. The minimum Gasteiger partial charge on any atom is -0.411 e. The van der Waals surface area contributed by atoms with E-state index in [-0.39, 0.29) is 0 Å². The van der Waals surface area contributed by atoms with Crippen LogP contribution in [0.1, 0.15) is 15.9 Å². The first-order valence-corrected chi connectivity index (χ1v) is 8.76. The Balaban J connectivity index is 1.65. The van der Waals surface area contributed by atoms with Crippen molar-refractivity contribution in [3.63, 3.8) is 0 Å². The van der Waals surface area contributed by atoms with E-state index in [1.165, 1.54) is 11.8 Å². The number of rotatable bonds is 5. The summed E-state index contributed by atoms with van der Waals surface area (Å²) in [5, 5.41) is 17.9. The molecule has 0 aliphatic carbocycles. The van der Waals surface area contributed by atoms with Gasteiger partial charge >= 0.3 is 0 Å². The number of thioether (sulfide) groups is 1. The summed E-state index contributed by atoms with van der Waals surface area (Å²) in [6, 6.07) is 11.9. The lowest BCUT2D eigenvalue weighted by molar-refractivity contribution is 0.0706. The average Bonchev–Trinajstić information content (AvgIpc) is 3.11. The molecule has 3 rings (SSSR count). The molecular formula is C16H11Cl2N3O3S. The lowest BCUT2D eigenvalue weighted by Crippen LogP contribution is -2.18. The van der Waals surface area contributed by atoms with Gasteiger partial charge in [-0.2, -0.15) is 0 Å². The van der Waals surface area contributed by atoms with Gasteiger partial charge < -0.3 is 4.42 Å². The number of aromatic nitrogens is 2. The van der Waals surface area contributed by atoms with E-state index in [0.717, 1.165) is 5.56 Å². The average molecular weight is 396 g/mol. The second kappa shape index (κ2) is 7.88. The molecule has 0 radical (unpaired) electrons. The first kappa shape index (κ1) is 17.8. The van der Waals surface area contributed by atoms with E-state index in [4.69, 9.17) is 32.8 Å². The highest BCUT2D eigenvalue weighted by Crippen LogP contribution is 2.30. The lowest BCUT2D eigenvalue weighted by Gasteiger charge is -2.01. The van der Waals surface area contributed by atoms with Crippen LogP contribution in [0.15, 0.2) is 52.1 Å². The molecule has 0 bridgehead atoms. The zero-order valence-electron chi connectivity index (χ0n) is 12.6. The number of nitrogens with zero attached hydrogens (tertiary/aromatic N) is 2. The molecule has 0 unspecified atom stereocenters. The Morgan fingerprint density at radius 3 is 2.56 bits per heavy atom. The van der Waals surface area contributed by atoms with Crippen molar-refractivity contribution in [3.8, 4) is 11.5 Å². The number of hydroxylamine groups is 1. The second-order valence-corrected chi connectivity index (χ2v) is 6.67. The van der Waals surface area contributed by atoms with Crippen LogP contribution in [0.4, 0.5) is 0 Å². The van der Waals surface area contributed by atoms with Crippen molar-refractivity contribution in [1.82, 2.24) is 15.7 Å². The summed E-state index contributed by atoms with van der Waals surface area (Å²) in [4.78, 5) is 11.3. The predicted molar refractivity (Wildman–Crippen MR) is 95.0 cm³/mol. The topological polar surface area (TPSA) is 88.2 Å². The molecule has 1 amide bonds. The van der Waals surface area contributed by atoms with E-state index in [0.29, 0.717) is 38.0 Å². The Morgan fingerprint density at radius 2 is 1.88 bits per heavy atom. The van der Waals surface area contributed by atoms with Crippen LogP contribution in [0.5, 0.6) is 0 Å². The van der Waals surface area contributed by atoms with Crippen molar-refractivity contribution in [2.24, 2.45) is 0 Å². The van der Waals surface area contributed by atoms with Crippen LogP contribution < -0.4 is 5.48 Å². The molecule has 3 aromatic rings. The number of benzene rings is 2. The van der Waals surface area contributed by atoms with Gasteiger partial charge in [0.2, 0.25) is 5.89 Å². The fourth-order valence-electron chi connectivity index (χ4n) is 1.98. The third-order valence-corrected chi connectivity index (χ3v) is 4.88. The molecule has 0 aliphatic rings. The first-order chi connectivity index (χ1) is 12.1. The molecule has 0 spiro atoms. The van der Waals surface area contributed by atoms with E-state index in [1.807, 2.05) is 0 Å². The van der Waals surface area contributed by atoms with Crippen molar-refractivity contribution in [2.75, 3.05) is 0 Å². The summed E-state index contributed by atoms with van der Waals surface area (Å²) in [7, 11) is 0. The highest BCUT2D eigenvalue weighted by atomic mass is 35.5. The molecule has 1 aromatic heterocycles. The highest BCUT2D eigenvalue weighted by molar-refractivity contribution is 7.98. The molecule has 25 heavy (non-hydrogen) atoms.